The molecule has 21 heavy (non-hydrogen) atoms. The van der Waals surface area contributed by atoms with E-state index in [4.69, 9.17) is 10.9 Å². The Balaban J connectivity index is 1.83. The number of amides is 1. The van der Waals surface area contributed by atoms with Crippen molar-refractivity contribution < 1.29 is 10.0 Å². The molecule has 0 spiro atoms. The summed E-state index contributed by atoms with van der Waals surface area (Å²) in [6, 6.07) is 0.153. The van der Waals surface area contributed by atoms with Crippen LogP contribution >= 0.6 is 0 Å². The van der Waals surface area contributed by atoms with Gasteiger partial charge >= 0.3 is 0 Å². The lowest BCUT2D eigenvalue weighted by Crippen LogP contribution is -2.46. The van der Waals surface area contributed by atoms with Crippen molar-refractivity contribution >= 4 is 11.7 Å². The summed E-state index contributed by atoms with van der Waals surface area (Å²) in [5, 5.41) is 18.7. The highest BCUT2D eigenvalue weighted by atomic mass is 16.4. The number of piperidine rings is 1. The molecule has 1 aliphatic rings. The number of carbonyl (C=O) groups excluding carboxylic acids is 1. The maximum Gasteiger partial charge on any atom is 0.254 e. The van der Waals surface area contributed by atoms with E-state index in [1.807, 2.05) is 14.0 Å². The minimum absolute atomic E-state index is 0.0736. The zero-order valence-electron chi connectivity index (χ0n) is 12.4. The first kappa shape index (κ1) is 15.3. The molecule has 0 atom stereocenters. The van der Waals surface area contributed by atoms with Gasteiger partial charge in [0.2, 0.25) is 0 Å². The Morgan fingerprint density at radius 1 is 1.57 bits per heavy atom. The number of likely N-dealkylation sites (tertiary alicyclic amines) is 1. The fraction of sp³-hybridized carbons (Fsp3) is 0.615. The predicted molar refractivity (Wildman–Crippen MR) is 78.3 cm³/mol. The molecule has 8 nitrogen and oxygen atoms in total. The number of nitrogens with one attached hydrogen (secondary N) is 1. The highest BCUT2D eigenvalue weighted by molar-refractivity contribution is 5.95. The van der Waals surface area contributed by atoms with E-state index in [-0.39, 0.29) is 17.8 Å². The average molecular weight is 294 g/mol. The van der Waals surface area contributed by atoms with E-state index in [1.54, 1.807) is 10.9 Å². The van der Waals surface area contributed by atoms with Crippen LogP contribution in [0.1, 0.15) is 28.9 Å². The van der Waals surface area contributed by atoms with Crippen LogP contribution in [0.2, 0.25) is 0 Å². The van der Waals surface area contributed by atoms with E-state index in [2.05, 4.69) is 20.5 Å². The van der Waals surface area contributed by atoms with Gasteiger partial charge in [0.05, 0.1) is 18.3 Å². The summed E-state index contributed by atoms with van der Waals surface area (Å²) >= 11 is 0. The smallest absolute Gasteiger partial charge is 0.254 e. The molecule has 1 fully saturated rings. The molecular weight excluding hydrogens is 272 g/mol. The van der Waals surface area contributed by atoms with Crippen LogP contribution in [0.3, 0.4) is 0 Å². The van der Waals surface area contributed by atoms with Gasteiger partial charge < -0.3 is 16.3 Å². The van der Waals surface area contributed by atoms with E-state index in [1.165, 1.54) is 0 Å². The lowest BCUT2D eigenvalue weighted by Gasteiger charge is -2.31. The monoisotopic (exact) mass is 294 g/mol. The first-order valence-corrected chi connectivity index (χ1v) is 6.99. The van der Waals surface area contributed by atoms with Gasteiger partial charge in [0.25, 0.3) is 5.91 Å². The van der Waals surface area contributed by atoms with Crippen molar-refractivity contribution in [2.45, 2.75) is 25.8 Å². The molecule has 8 heteroatoms. The number of nitrogens with zero attached hydrogens (tertiary/aromatic N) is 4. The number of hydrogen-bond acceptors (Lipinski definition) is 5. The number of aromatic nitrogens is 2. The van der Waals surface area contributed by atoms with Crippen LogP contribution in [-0.2, 0) is 7.05 Å². The predicted octanol–water partition coefficient (Wildman–Crippen LogP) is -0.331. The number of oxime groups is 1. The second-order valence-corrected chi connectivity index (χ2v) is 5.38. The number of amidine groups is 1. The van der Waals surface area contributed by atoms with Gasteiger partial charge in [-0.1, -0.05) is 5.16 Å². The Morgan fingerprint density at radius 3 is 2.76 bits per heavy atom. The van der Waals surface area contributed by atoms with Crippen molar-refractivity contribution in [1.82, 2.24) is 20.0 Å². The van der Waals surface area contributed by atoms with Gasteiger partial charge in [-0.25, -0.2) is 0 Å². The Hall–Kier alpha value is -2.09. The Morgan fingerprint density at radius 2 is 2.24 bits per heavy atom. The lowest BCUT2D eigenvalue weighted by molar-refractivity contribution is 0.0914. The van der Waals surface area contributed by atoms with Crippen molar-refractivity contribution in [3.63, 3.8) is 0 Å². The largest absolute Gasteiger partial charge is 0.409 e. The molecule has 4 N–H and O–H groups in total. The molecule has 2 rings (SSSR count). The van der Waals surface area contributed by atoms with Gasteiger partial charge in [-0.3, -0.25) is 14.4 Å². The highest BCUT2D eigenvalue weighted by Gasteiger charge is 2.22. The number of carbonyl (C=O) groups is 1. The number of hydrogen-bond donors (Lipinski definition) is 3. The minimum atomic E-state index is -0.0736. The maximum absolute atomic E-state index is 12.2. The molecule has 1 amide bonds. The summed E-state index contributed by atoms with van der Waals surface area (Å²) in [4.78, 5) is 14.3. The second kappa shape index (κ2) is 6.57. The van der Waals surface area contributed by atoms with E-state index in [9.17, 15) is 4.79 Å². The molecule has 116 valence electrons. The van der Waals surface area contributed by atoms with Crippen molar-refractivity contribution in [3.8, 4) is 0 Å². The van der Waals surface area contributed by atoms with Gasteiger partial charge in [0.1, 0.15) is 0 Å². The van der Waals surface area contributed by atoms with Crippen LogP contribution < -0.4 is 11.1 Å². The third-order valence-corrected chi connectivity index (χ3v) is 3.92. The molecular formula is C13H22N6O2. The molecule has 1 aromatic rings. The second-order valence-electron chi connectivity index (χ2n) is 5.38. The zero-order chi connectivity index (χ0) is 15.4. The fourth-order valence-corrected chi connectivity index (χ4v) is 2.48. The SMILES string of the molecule is Cc1c(C(=O)NC2CCN(CC(N)=NO)CC2)cnn1C. The number of aryl methyl sites for hydroxylation is 1. The quantitative estimate of drug-likeness (QED) is 0.305. The first-order chi connectivity index (χ1) is 10.0. The third-order valence-electron chi connectivity index (χ3n) is 3.92. The zero-order valence-corrected chi connectivity index (χ0v) is 12.4. The van der Waals surface area contributed by atoms with E-state index in [0.29, 0.717) is 12.1 Å². The molecule has 1 aliphatic heterocycles. The van der Waals surface area contributed by atoms with Crippen LogP contribution in [-0.4, -0.2) is 57.3 Å². The molecule has 0 aromatic carbocycles. The fourth-order valence-electron chi connectivity index (χ4n) is 2.48. The normalized spacial score (nSPS) is 17.9. The summed E-state index contributed by atoms with van der Waals surface area (Å²) < 4.78 is 1.69. The van der Waals surface area contributed by atoms with Gasteiger partial charge in [0.15, 0.2) is 5.84 Å². The highest BCUT2D eigenvalue weighted by Crippen LogP contribution is 2.12. The lowest BCUT2D eigenvalue weighted by atomic mass is 10.0. The molecule has 0 bridgehead atoms. The molecule has 0 saturated carbocycles. The summed E-state index contributed by atoms with van der Waals surface area (Å²) in [7, 11) is 1.82. The molecule has 1 aromatic heterocycles. The summed E-state index contributed by atoms with van der Waals surface area (Å²) in [6.07, 6.45) is 3.30. The Bertz CT molecular complexity index is 531. The maximum atomic E-state index is 12.2. The van der Waals surface area contributed by atoms with Crippen LogP contribution in [0.15, 0.2) is 11.4 Å². The van der Waals surface area contributed by atoms with Crippen LogP contribution in [0.5, 0.6) is 0 Å². The Kier molecular flexibility index (Phi) is 4.79. The summed E-state index contributed by atoms with van der Waals surface area (Å²) in [6.45, 7) is 3.96. The minimum Gasteiger partial charge on any atom is -0.409 e. The van der Waals surface area contributed by atoms with Gasteiger partial charge in [-0.2, -0.15) is 5.10 Å². The van der Waals surface area contributed by atoms with Gasteiger partial charge in [-0.15, -0.1) is 0 Å². The van der Waals surface area contributed by atoms with Gasteiger partial charge in [-0.05, 0) is 19.8 Å². The van der Waals surface area contributed by atoms with Crippen LogP contribution in [0, 0.1) is 6.92 Å². The molecule has 0 aliphatic carbocycles. The molecule has 1 saturated heterocycles. The van der Waals surface area contributed by atoms with Crippen molar-refractivity contribution in [1.29, 1.82) is 0 Å². The van der Waals surface area contributed by atoms with Crippen LogP contribution in [0.25, 0.3) is 0 Å². The van der Waals surface area contributed by atoms with E-state index < -0.39 is 0 Å². The standard InChI is InChI=1S/C13H22N6O2/c1-9-11(7-15-18(9)2)13(20)16-10-3-5-19(6-4-10)8-12(14)17-21/h7,10,21H,3-6,8H2,1-2H3,(H2,14,17)(H,16,20). The van der Waals surface area contributed by atoms with Crippen LogP contribution in [0.4, 0.5) is 0 Å². The number of rotatable bonds is 4. The average Bonchev–Trinajstić information content (AvgIpc) is 2.81. The van der Waals surface area contributed by atoms with E-state index >= 15 is 0 Å². The number of nitrogens with two attached hydrogens (primary N) is 1. The van der Waals surface area contributed by atoms with Gasteiger partial charge in [0, 0.05) is 31.9 Å². The van der Waals surface area contributed by atoms with Crippen molar-refractivity contribution in [2.75, 3.05) is 19.6 Å². The Labute approximate surface area is 123 Å². The van der Waals surface area contributed by atoms with E-state index in [0.717, 1.165) is 31.6 Å². The molecule has 0 radical (unpaired) electrons. The topological polar surface area (TPSA) is 109 Å². The van der Waals surface area contributed by atoms with Crippen molar-refractivity contribution in [3.05, 3.63) is 17.5 Å². The molecule has 0 unspecified atom stereocenters. The third kappa shape index (κ3) is 3.72. The first-order valence-electron chi connectivity index (χ1n) is 6.99. The van der Waals surface area contributed by atoms with Crippen molar-refractivity contribution in [2.24, 2.45) is 17.9 Å². The summed E-state index contributed by atoms with van der Waals surface area (Å²) in [5.74, 6) is 0.138. The summed E-state index contributed by atoms with van der Waals surface area (Å²) in [5.41, 5.74) is 6.97. The molecule has 2 heterocycles.